The number of nitrogens with one attached hydrogen (secondary N) is 2. The number of carbonyl (C=O) groups is 1. The predicted molar refractivity (Wildman–Crippen MR) is 121 cm³/mol. The maximum Gasteiger partial charge on any atom is 0.268 e. The van der Waals surface area contributed by atoms with Gasteiger partial charge in [0.05, 0.1) is 4.90 Å². The summed E-state index contributed by atoms with van der Waals surface area (Å²) in [6, 6.07) is 14.4. The lowest BCUT2D eigenvalue weighted by Crippen LogP contribution is -2.40. The molecule has 2 heterocycles. The first kappa shape index (κ1) is 20.3. The van der Waals surface area contributed by atoms with Crippen molar-refractivity contribution in [3.05, 3.63) is 58.7 Å². The van der Waals surface area contributed by atoms with Crippen LogP contribution >= 0.6 is 23.4 Å². The number of hydrogen-bond donors (Lipinski definition) is 2. The van der Waals surface area contributed by atoms with E-state index in [0.29, 0.717) is 23.3 Å². The number of rotatable bonds is 6. The number of H-pyrrole nitrogens is 1. The summed E-state index contributed by atoms with van der Waals surface area (Å²) in [5, 5.41) is 4.94. The normalized spacial score (nSPS) is 17.1. The zero-order valence-corrected chi connectivity index (χ0v) is 18.4. The Morgan fingerprint density at radius 2 is 2.07 bits per heavy atom. The average Bonchev–Trinajstić information content (AvgIpc) is 3.32. The van der Waals surface area contributed by atoms with Crippen molar-refractivity contribution in [3.63, 3.8) is 0 Å². The summed E-state index contributed by atoms with van der Waals surface area (Å²) in [6.45, 7) is 7.09. The van der Waals surface area contributed by atoms with Crippen molar-refractivity contribution in [2.45, 2.75) is 42.5 Å². The fourth-order valence-corrected chi connectivity index (χ4v) is 5.18. The number of aromatic nitrogens is 1. The van der Waals surface area contributed by atoms with Crippen LogP contribution in [0.5, 0.6) is 0 Å². The van der Waals surface area contributed by atoms with E-state index in [4.69, 9.17) is 11.6 Å². The first-order valence-corrected chi connectivity index (χ1v) is 11.3. The third-order valence-electron chi connectivity index (χ3n) is 5.57. The molecule has 0 saturated carbocycles. The molecule has 4 nitrogen and oxygen atoms in total. The van der Waals surface area contributed by atoms with Crippen molar-refractivity contribution < 1.29 is 4.79 Å². The Morgan fingerprint density at radius 1 is 1.28 bits per heavy atom. The maximum atomic E-state index is 13.1. The summed E-state index contributed by atoms with van der Waals surface area (Å²) in [4.78, 5) is 20.9. The van der Waals surface area contributed by atoms with Gasteiger partial charge in [-0.25, -0.2) is 0 Å². The smallest absolute Gasteiger partial charge is 0.268 e. The number of halogens is 1. The Morgan fingerprint density at radius 3 is 2.83 bits per heavy atom. The predicted octanol–water partition coefficient (Wildman–Crippen LogP) is 5.50. The van der Waals surface area contributed by atoms with Gasteiger partial charge >= 0.3 is 0 Å². The van der Waals surface area contributed by atoms with Gasteiger partial charge in [-0.05, 0) is 68.8 Å². The molecule has 1 amide bonds. The summed E-state index contributed by atoms with van der Waals surface area (Å²) >= 11 is 7.63. The Balaban J connectivity index is 1.61. The van der Waals surface area contributed by atoms with Gasteiger partial charge in [-0.1, -0.05) is 42.4 Å². The monoisotopic (exact) mass is 427 g/mol. The van der Waals surface area contributed by atoms with Gasteiger partial charge in [-0.3, -0.25) is 9.69 Å². The number of benzene rings is 2. The van der Waals surface area contributed by atoms with E-state index in [0.717, 1.165) is 40.2 Å². The molecule has 4 rings (SSSR count). The molecule has 1 saturated heterocycles. The van der Waals surface area contributed by atoms with Gasteiger partial charge in [0, 0.05) is 33.4 Å². The highest BCUT2D eigenvalue weighted by Crippen LogP contribution is 2.37. The van der Waals surface area contributed by atoms with Gasteiger partial charge in [0.2, 0.25) is 0 Å². The largest absolute Gasteiger partial charge is 0.350 e. The van der Waals surface area contributed by atoms with E-state index < -0.39 is 0 Å². The lowest BCUT2D eigenvalue weighted by molar-refractivity contribution is 0.0934. The zero-order valence-electron chi connectivity index (χ0n) is 16.8. The lowest BCUT2D eigenvalue weighted by Gasteiger charge is -2.22. The van der Waals surface area contributed by atoms with E-state index in [2.05, 4.69) is 47.2 Å². The van der Waals surface area contributed by atoms with E-state index >= 15 is 0 Å². The van der Waals surface area contributed by atoms with E-state index in [1.54, 1.807) is 11.8 Å². The number of hydrogen-bond acceptors (Lipinski definition) is 3. The number of likely N-dealkylation sites (N-methyl/N-ethyl adjacent to an activating group) is 1. The molecule has 1 atom stereocenters. The van der Waals surface area contributed by atoms with E-state index in [9.17, 15) is 4.79 Å². The molecule has 3 aromatic rings. The number of amides is 1. The van der Waals surface area contributed by atoms with Gasteiger partial charge in [-0.2, -0.15) is 0 Å². The van der Waals surface area contributed by atoms with Crippen LogP contribution in [0.25, 0.3) is 10.9 Å². The van der Waals surface area contributed by atoms with Gasteiger partial charge in [0.25, 0.3) is 5.91 Å². The first-order chi connectivity index (χ1) is 14.0. The first-order valence-electron chi connectivity index (χ1n) is 10.1. The third-order valence-corrected chi connectivity index (χ3v) is 6.96. The summed E-state index contributed by atoms with van der Waals surface area (Å²) < 4.78 is 0. The molecule has 29 heavy (non-hydrogen) atoms. The highest BCUT2D eigenvalue weighted by molar-refractivity contribution is 7.99. The van der Waals surface area contributed by atoms with Crippen LogP contribution in [0.4, 0.5) is 0 Å². The summed E-state index contributed by atoms with van der Waals surface area (Å²) in [6.07, 6.45) is 2.35. The van der Waals surface area contributed by atoms with Gasteiger partial charge in [-0.15, -0.1) is 0 Å². The zero-order chi connectivity index (χ0) is 20.4. The molecular weight excluding hydrogens is 402 g/mol. The standard InChI is InChI=1S/C23H26ClN3OS/c1-3-27-12-4-5-17(27)14-25-23(28)21-22(29-18-9-7-16(24)8-10-18)19-11-6-15(2)13-20(19)26-21/h6-11,13,17,26H,3-5,12,14H2,1-2H3,(H,25,28). The molecular formula is C23H26ClN3OS. The number of nitrogens with zero attached hydrogens (tertiary/aromatic N) is 1. The second-order valence-corrected chi connectivity index (χ2v) is 9.09. The Labute approximate surface area is 181 Å². The average molecular weight is 428 g/mol. The SMILES string of the molecule is CCN1CCCC1CNC(=O)c1[nH]c2cc(C)ccc2c1Sc1ccc(Cl)cc1. The van der Waals surface area contributed by atoms with Crippen LogP contribution in [-0.4, -0.2) is 41.5 Å². The van der Waals surface area contributed by atoms with Gasteiger partial charge in [0.1, 0.15) is 5.69 Å². The molecule has 0 spiro atoms. The molecule has 0 radical (unpaired) electrons. The van der Waals surface area contributed by atoms with Gasteiger partial charge < -0.3 is 10.3 Å². The van der Waals surface area contributed by atoms with Crippen LogP contribution < -0.4 is 5.32 Å². The fraction of sp³-hybridized carbons (Fsp3) is 0.348. The van der Waals surface area contributed by atoms with Crippen LogP contribution in [0.15, 0.2) is 52.3 Å². The molecule has 1 unspecified atom stereocenters. The topological polar surface area (TPSA) is 48.1 Å². The van der Waals surface area contributed by atoms with Crippen molar-refractivity contribution in [1.29, 1.82) is 0 Å². The maximum absolute atomic E-state index is 13.1. The molecule has 2 aromatic carbocycles. The minimum Gasteiger partial charge on any atom is -0.350 e. The Bertz CT molecular complexity index is 1010. The molecule has 1 fully saturated rings. The number of fused-ring (bicyclic) bond motifs is 1. The molecule has 0 bridgehead atoms. The van der Waals surface area contributed by atoms with Crippen molar-refractivity contribution in [2.24, 2.45) is 0 Å². The fourth-order valence-electron chi connectivity index (χ4n) is 4.01. The highest BCUT2D eigenvalue weighted by Gasteiger charge is 2.25. The molecule has 152 valence electrons. The number of likely N-dealkylation sites (tertiary alicyclic amines) is 1. The second kappa shape index (κ2) is 8.82. The van der Waals surface area contributed by atoms with Crippen LogP contribution in [0, 0.1) is 6.92 Å². The van der Waals surface area contributed by atoms with Gasteiger partial charge in [0.15, 0.2) is 0 Å². The van der Waals surface area contributed by atoms with Crippen molar-refractivity contribution in [1.82, 2.24) is 15.2 Å². The number of carbonyl (C=O) groups excluding carboxylic acids is 1. The second-order valence-electron chi connectivity index (χ2n) is 7.57. The molecule has 1 aromatic heterocycles. The molecule has 2 N–H and O–H groups in total. The number of aromatic amines is 1. The Hall–Kier alpha value is -1.95. The van der Waals surface area contributed by atoms with Crippen LogP contribution in [0.1, 0.15) is 35.8 Å². The lowest BCUT2D eigenvalue weighted by atomic mass is 10.2. The van der Waals surface area contributed by atoms with Crippen molar-refractivity contribution in [3.8, 4) is 0 Å². The van der Waals surface area contributed by atoms with E-state index in [1.165, 1.54) is 12.0 Å². The van der Waals surface area contributed by atoms with Crippen molar-refractivity contribution in [2.75, 3.05) is 19.6 Å². The minimum absolute atomic E-state index is 0.0433. The third kappa shape index (κ3) is 4.47. The van der Waals surface area contributed by atoms with Crippen LogP contribution in [-0.2, 0) is 0 Å². The molecule has 0 aliphatic carbocycles. The quantitative estimate of drug-likeness (QED) is 0.546. The van der Waals surface area contributed by atoms with E-state index in [1.807, 2.05) is 24.3 Å². The number of aryl methyl sites for hydroxylation is 1. The summed E-state index contributed by atoms with van der Waals surface area (Å²) in [5.41, 5.74) is 2.78. The Kier molecular flexibility index (Phi) is 6.18. The molecule has 1 aliphatic heterocycles. The van der Waals surface area contributed by atoms with Crippen LogP contribution in [0.3, 0.4) is 0 Å². The van der Waals surface area contributed by atoms with Crippen molar-refractivity contribution >= 4 is 40.2 Å². The summed E-state index contributed by atoms with van der Waals surface area (Å²) in [7, 11) is 0. The molecule has 6 heteroatoms. The van der Waals surface area contributed by atoms with E-state index in [-0.39, 0.29) is 5.91 Å². The highest BCUT2D eigenvalue weighted by atomic mass is 35.5. The summed E-state index contributed by atoms with van der Waals surface area (Å²) in [5.74, 6) is -0.0433. The minimum atomic E-state index is -0.0433. The molecule has 1 aliphatic rings. The van der Waals surface area contributed by atoms with Crippen LogP contribution in [0.2, 0.25) is 5.02 Å².